The number of amides is 1. The van der Waals surface area contributed by atoms with E-state index in [0.717, 1.165) is 12.8 Å². The first-order valence-corrected chi connectivity index (χ1v) is 10.1. The van der Waals surface area contributed by atoms with Crippen LogP contribution in [0.3, 0.4) is 0 Å². The summed E-state index contributed by atoms with van der Waals surface area (Å²) in [7, 11) is 0. The van der Waals surface area contributed by atoms with Crippen molar-refractivity contribution in [1.29, 1.82) is 0 Å². The molecule has 6 nitrogen and oxygen atoms in total. The zero-order valence-electron chi connectivity index (χ0n) is 17.0. The average Bonchev–Trinajstić information content (AvgIpc) is 3.46. The van der Waals surface area contributed by atoms with Gasteiger partial charge in [0, 0.05) is 27.9 Å². The lowest BCUT2D eigenvalue weighted by Crippen LogP contribution is -2.45. The monoisotopic (exact) mass is 416 g/mol. The first-order valence-electron chi connectivity index (χ1n) is 9.75. The van der Waals surface area contributed by atoms with Crippen LogP contribution in [-0.4, -0.2) is 46.2 Å². The quantitative estimate of drug-likeness (QED) is 0.538. The zero-order valence-corrected chi connectivity index (χ0v) is 17.8. The van der Waals surface area contributed by atoms with Gasteiger partial charge in [0.1, 0.15) is 5.69 Å². The number of nitrogens with one attached hydrogen (secondary N) is 1. The Morgan fingerprint density at radius 2 is 1.83 bits per heavy atom. The van der Waals surface area contributed by atoms with Crippen LogP contribution in [0.1, 0.15) is 69.2 Å². The average molecular weight is 417 g/mol. The maximum Gasteiger partial charge on any atom is 0.355 e. The summed E-state index contributed by atoms with van der Waals surface area (Å²) in [4.78, 5) is 43.3. The van der Waals surface area contributed by atoms with E-state index >= 15 is 0 Å². The Morgan fingerprint density at radius 1 is 1.21 bits per heavy atom. The summed E-state index contributed by atoms with van der Waals surface area (Å²) in [5.41, 5.74) is 2.36. The standard InChI is InChI=1S/C22H25ClN2O4/c1-5-29-22(28)19-12(2)18(13(3)24-19)20(26)14(4)25(17-10-11-17)21(27)15-6-8-16(23)9-7-15/h6-9,14,17,24H,5,10-11H2,1-4H3. The highest BCUT2D eigenvalue weighted by molar-refractivity contribution is 6.30. The van der Waals surface area contributed by atoms with Crippen LogP contribution in [0.15, 0.2) is 24.3 Å². The van der Waals surface area contributed by atoms with E-state index in [0.29, 0.717) is 27.4 Å². The Labute approximate surface area is 175 Å². The van der Waals surface area contributed by atoms with Gasteiger partial charge in [-0.2, -0.15) is 0 Å². The van der Waals surface area contributed by atoms with Crippen LogP contribution < -0.4 is 0 Å². The Balaban J connectivity index is 1.90. The molecule has 1 aromatic heterocycles. The van der Waals surface area contributed by atoms with Crippen molar-refractivity contribution >= 4 is 29.3 Å². The van der Waals surface area contributed by atoms with E-state index in [1.54, 1.807) is 56.9 Å². The first-order chi connectivity index (χ1) is 13.8. The lowest BCUT2D eigenvalue weighted by atomic mass is 9.99. The molecule has 1 unspecified atom stereocenters. The van der Waals surface area contributed by atoms with E-state index in [1.807, 2.05) is 0 Å². The summed E-state index contributed by atoms with van der Waals surface area (Å²) < 4.78 is 5.06. The molecule has 29 heavy (non-hydrogen) atoms. The largest absolute Gasteiger partial charge is 0.461 e. The normalized spacial score (nSPS) is 14.4. The Kier molecular flexibility index (Phi) is 6.13. The predicted molar refractivity (Wildman–Crippen MR) is 111 cm³/mol. The lowest BCUT2D eigenvalue weighted by Gasteiger charge is -2.29. The second-order valence-corrected chi connectivity index (χ2v) is 7.77. The number of ketones is 1. The van der Waals surface area contributed by atoms with Crippen molar-refractivity contribution in [3.63, 3.8) is 0 Å². The predicted octanol–water partition coefficient (Wildman–Crippen LogP) is 4.34. The number of Topliss-reactive ketones (excluding diaryl/α,β-unsaturated/α-hetero) is 1. The van der Waals surface area contributed by atoms with Crippen LogP contribution in [0.5, 0.6) is 0 Å². The number of aromatic nitrogens is 1. The maximum atomic E-state index is 13.4. The molecule has 1 heterocycles. The van der Waals surface area contributed by atoms with Crippen molar-refractivity contribution in [3.8, 4) is 0 Å². The van der Waals surface area contributed by atoms with Gasteiger partial charge in [-0.25, -0.2) is 4.79 Å². The Morgan fingerprint density at radius 3 is 2.38 bits per heavy atom. The fourth-order valence-corrected chi connectivity index (χ4v) is 3.74. The molecule has 1 fully saturated rings. The van der Waals surface area contributed by atoms with Gasteiger partial charge >= 0.3 is 5.97 Å². The summed E-state index contributed by atoms with van der Waals surface area (Å²) >= 11 is 5.93. The van der Waals surface area contributed by atoms with Crippen molar-refractivity contribution in [2.45, 2.75) is 52.6 Å². The van der Waals surface area contributed by atoms with Gasteiger partial charge in [-0.05, 0) is 70.4 Å². The molecule has 0 radical (unpaired) electrons. The molecule has 1 atom stereocenters. The van der Waals surface area contributed by atoms with E-state index in [1.165, 1.54) is 0 Å². The Hall–Kier alpha value is -2.60. The van der Waals surface area contributed by atoms with Gasteiger partial charge < -0.3 is 14.6 Å². The number of hydrogen-bond donors (Lipinski definition) is 1. The van der Waals surface area contributed by atoms with Crippen LogP contribution in [0, 0.1) is 13.8 Å². The fourth-order valence-electron chi connectivity index (χ4n) is 3.61. The van der Waals surface area contributed by atoms with E-state index in [9.17, 15) is 14.4 Å². The molecule has 1 N–H and O–H groups in total. The van der Waals surface area contributed by atoms with Gasteiger partial charge in [0.15, 0.2) is 5.78 Å². The van der Waals surface area contributed by atoms with Gasteiger partial charge in [0.2, 0.25) is 0 Å². The minimum absolute atomic E-state index is 0.0428. The van der Waals surface area contributed by atoms with Crippen LogP contribution in [-0.2, 0) is 4.74 Å². The molecule has 7 heteroatoms. The molecule has 0 bridgehead atoms. The SMILES string of the molecule is CCOC(=O)c1[nH]c(C)c(C(=O)C(C)N(C(=O)c2ccc(Cl)cc2)C2CC2)c1C. The maximum absolute atomic E-state index is 13.4. The molecule has 0 aliphatic heterocycles. The van der Waals surface area contributed by atoms with E-state index in [-0.39, 0.29) is 30.0 Å². The molecular weight excluding hydrogens is 392 g/mol. The Bertz CT molecular complexity index is 944. The molecule has 2 aromatic rings. The number of esters is 1. The van der Waals surface area contributed by atoms with Crippen molar-refractivity contribution in [1.82, 2.24) is 9.88 Å². The smallest absolute Gasteiger partial charge is 0.355 e. The number of carbonyl (C=O) groups is 3. The highest BCUT2D eigenvalue weighted by atomic mass is 35.5. The van der Waals surface area contributed by atoms with E-state index in [2.05, 4.69) is 4.98 Å². The van der Waals surface area contributed by atoms with Gasteiger partial charge in [-0.3, -0.25) is 9.59 Å². The van der Waals surface area contributed by atoms with E-state index in [4.69, 9.17) is 16.3 Å². The number of H-pyrrole nitrogens is 1. The summed E-state index contributed by atoms with van der Waals surface area (Å²) in [6, 6.07) is 6.05. The summed E-state index contributed by atoms with van der Waals surface area (Å²) in [6.07, 6.45) is 1.74. The van der Waals surface area contributed by atoms with Crippen molar-refractivity contribution in [2.75, 3.05) is 6.61 Å². The first kappa shape index (κ1) is 21.1. The molecule has 1 aromatic carbocycles. The number of benzene rings is 1. The lowest BCUT2D eigenvalue weighted by molar-refractivity contribution is 0.0518. The summed E-state index contributed by atoms with van der Waals surface area (Å²) in [5, 5.41) is 0.550. The van der Waals surface area contributed by atoms with Crippen LogP contribution >= 0.6 is 11.6 Å². The number of hydrogen-bond acceptors (Lipinski definition) is 4. The highest BCUT2D eigenvalue weighted by Crippen LogP contribution is 2.32. The number of ether oxygens (including phenoxy) is 1. The topological polar surface area (TPSA) is 79.5 Å². The number of aromatic amines is 1. The molecule has 3 rings (SSSR count). The molecule has 0 saturated heterocycles. The minimum atomic E-state index is -0.658. The number of nitrogens with zero attached hydrogens (tertiary/aromatic N) is 1. The molecule has 1 amide bonds. The molecular formula is C22H25ClN2O4. The second-order valence-electron chi connectivity index (χ2n) is 7.34. The van der Waals surface area contributed by atoms with Crippen molar-refractivity contribution in [3.05, 3.63) is 57.4 Å². The second kappa shape index (κ2) is 8.41. The van der Waals surface area contributed by atoms with Gasteiger partial charge in [0.05, 0.1) is 12.6 Å². The zero-order chi connectivity index (χ0) is 21.3. The third-order valence-electron chi connectivity index (χ3n) is 5.23. The molecule has 1 aliphatic rings. The van der Waals surface area contributed by atoms with E-state index < -0.39 is 12.0 Å². The molecule has 0 spiro atoms. The van der Waals surface area contributed by atoms with Crippen molar-refractivity contribution < 1.29 is 19.1 Å². The van der Waals surface area contributed by atoms with Crippen LogP contribution in [0.2, 0.25) is 5.02 Å². The number of halogens is 1. The number of rotatable bonds is 7. The van der Waals surface area contributed by atoms with Crippen molar-refractivity contribution in [2.24, 2.45) is 0 Å². The molecule has 1 aliphatic carbocycles. The van der Waals surface area contributed by atoms with Gasteiger partial charge in [-0.1, -0.05) is 11.6 Å². The molecule has 1 saturated carbocycles. The minimum Gasteiger partial charge on any atom is -0.461 e. The van der Waals surface area contributed by atoms with Crippen LogP contribution in [0.4, 0.5) is 0 Å². The third-order valence-corrected chi connectivity index (χ3v) is 5.48. The summed E-state index contributed by atoms with van der Waals surface area (Å²) in [6.45, 7) is 7.19. The fraction of sp³-hybridized carbons (Fsp3) is 0.409. The number of carbonyl (C=O) groups excluding carboxylic acids is 3. The number of aryl methyl sites for hydroxylation is 1. The third kappa shape index (κ3) is 4.22. The van der Waals surface area contributed by atoms with Gasteiger partial charge in [-0.15, -0.1) is 0 Å². The summed E-state index contributed by atoms with van der Waals surface area (Å²) in [5.74, 6) is -0.876. The van der Waals surface area contributed by atoms with Crippen LogP contribution in [0.25, 0.3) is 0 Å². The molecule has 154 valence electrons. The van der Waals surface area contributed by atoms with Gasteiger partial charge in [0.25, 0.3) is 5.91 Å². The highest BCUT2D eigenvalue weighted by Gasteiger charge is 2.40.